The predicted molar refractivity (Wildman–Crippen MR) is 111 cm³/mol. The SMILES string of the molecule is COc1cc(/C=C/C(=O)OCC(=O)N2CCC[C@@H]3CCCC[C@H]32)ccc1OCC#N. The van der Waals surface area contributed by atoms with E-state index >= 15 is 0 Å². The summed E-state index contributed by atoms with van der Waals surface area (Å²) in [6.45, 7) is 0.453. The molecule has 0 unspecified atom stereocenters. The molecule has 3 rings (SSSR count). The Bertz CT molecular complexity index is 827. The fourth-order valence-electron chi connectivity index (χ4n) is 4.38. The van der Waals surface area contributed by atoms with Crippen LogP contribution in [0.5, 0.6) is 11.5 Å². The first-order valence-electron chi connectivity index (χ1n) is 10.4. The van der Waals surface area contributed by atoms with E-state index in [0.29, 0.717) is 29.0 Å². The number of carbonyl (C=O) groups is 2. The van der Waals surface area contributed by atoms with Crippen molar-refractivity contribution in [2.45, 2.75) is 44.6 Å². The first-order valence-corrected chi connectivity index (χ1v) is 10.4. The molecular weight excluding hydrogens is 384 g/mol. The molecule has 1 aromatic carbocycles. The molecule has 1 aliphatic carbocycles. The lowest BCUT2D eigenvalue weighted by atomic mass is 9.78. The summed E-state index contributed by atoms with van der Waals surface area (Å²) in [4.78, 5) is 26.6. The molecule has 1 aliphatic heterocycles. The fraction of sp³-hybridized carbons (Fsp3) is 0.522. The number of piperidine rings is 1. The first-order chi connectivity index (χ1) is 14.6. The zero-order chi connectivity index (χ0) is 21.3. The van der Waals surface area contributed by atoms with Gasteiger partial charge in [-0.2, -0.15) is 5.26 Å². The van der Waals surface area contributed by atoms with Gasteiger partial charge in [-0.25, -0.2) is 4.79 Å². The number of nitriles is 1. The highest BCUT2D eigenvalue weighted by Gasteiger charge is 2.35. The van der Waals surface area contributed by atoms with Gasteiger partial charge in [0.1, 0.15) is 6.07 Å². The monoisotopic (exact) mass is 412 g/mol. The van der Waals surface area contributed by atoms with Crippen LogP contribution in [0.3, 0.4) is 0 Å². The minimum atomic E-state index is -0.565. The number of benzene rings is 1. The summed E-state index contributed by atoms with van der Waals surface area (Å²) in [5.41, 5.74) is 0.709. The van der Waals surface area contributed by atoms with Crippen LogP contribution in [0.25, 0.3) is 6.08 Å². The van der Waals surface area contributed by atoms with E-state index in [4.69, 9.17) is 19.5 Å². The summed E-state index contributed by atoms with van der Waals surface area (Å²) in [5.74, 6) is 0.843. The maximum Gasteiger partial charge on any atom is 0.331 e. The molecular formula is C23H28N2O5. The zero-order valence-electron chi connectivity index (χ0n) is 17.3. The van der Waals surface area contributed by atoms with Gasteiger partial charge < -0.3 is 19.1 Å². The Kier molecular flexibility index (Phi) is 7.72. The number of rotatable bonds is 7. The molecule has 1 aromatic rings. The average Bonchev–Trinajstić information content (AvgIpc) is 2.79. The second-order valence-electron chi connectivity index (χ2n) is 7.64. The molecule has 0 spiro atoms. The molecule has 0 radical (unpaired) electrons. The van der Waals surface area contributed by atoms with Crippen molar-refractivity contribution in [3.63, 3.8) is 0 Å². The maximum atomic E-state index is 12.6. The van der Waals surface area contributed by atoms with Crippen LogP contribution in [-0.2, 0) is 14.3 Å². The van der Waals surface area contributed by atoms with Crippen LogP contribution in [0.1, 0.15) is 44.1 Å². The van der Waals surface area contributed by atoms with E-state index in [1.807, 2.05) is 11.0 Å². The van der Waals surface area contributed by atoms with Crippen molar-refractivity contribution in [1.29, 1.82) is 5.26 Å². The smallest absolute Gasteiger partial charge is 0.331 e. The highest BCUT2D eigenvalue weighted by atomic mass is 16.5. The summed E-state index contributed by atoms with van der Waals surface area (Å²) in [6, 6.07) is 7.31. The minimum Gasteiger partial charge on any atom is -0.493 e. The number of hydrogen-bond acceptors (Lipinski definition) is 6. The molecule has 1 amide bonds. The molecule has 2 fully saturated rings. The number of ether oxygens (including phenoxy) is 3. The Balaban J connectivity index is 1.52. The van der Waals surface area contributed by atoms with Crippen LogP contribution in [0, 0.1) is 17.2 Å². The van der Waals surface area contributed by atoms with Crippen molar-refractivity contribution >= 4 is 18.0 Å². The van der Waals surface area contributed by atoms with Crippen LogP contribution in [-0.4, -0.2) is 49.7 Å². The number of likely N-dealkylation sites (tertiary alicyclic amines) is 1. The van der Waals surface area contributed by atoms with Gasteiger partial charge in [0.25, 0.3) is 5.91 Å². The summed E-state index contributed by atoms with van der Waals surface area (Å²) in [6.07, 6.45) is 9.76. The highest BCUT2D eigenvalue weighted by molar-refractivity contribution is 5.89. The molecule has 7 nitrogen and oxygen atoms in total. The Morgan fingerprint density at radius 3 is 2.80 bits per heavy atom. The fourth-order valence-corrected chi connectivity index (χ4v) is 4.38. The number of fused-ring (bicyclic) bond motifs is 1. The lowest BCUT2D eigenvalue weighted by Gasteiger charge is -2.44. The lowest BCUT2D eigenvalue weighted by Crippen LogP contribution is -2.50. The van der Waals surface area contributed by atoms with Gasteiger partial charge in [-0.1, -0.05) is 18.9 Å². The van der Waals surface area contributed by atoms with Crippen molar-refractivity contribution in [3.05, 3.63) is 29.8 Å². The lowest BCUT2D eigenvalue weighted by molar-refractivity contribution is -0.151. The number of esters is 1. The quantitative estimate of drug-likeness (QED) is 0.504. The van der Waals surface area contributed by atoms with Crippen molar-refractivity contribution in [2.24, 2.45) is 5.92 Å². The van der Waals surface area contributed by atoms with Crippen molar-refractivity contribution in [2.75, 3.05) is 26.9 Å². The van der Waals surface area contributed by atoms with Gasteiger partial charge in [-0.3, -0.25) is 4.79 Å². The van der Waals surface area contributed by atoms with Crippen LogP contribution in [0.2, 0.25) is 0 Å². The van der Waals surface area contributed by atoms with E-state index in [2.05, 4.69) is 0 Å². The molecule has 1 saturated heterocycles. The first kappa shape index (κ1) is 21.7. The molecule has 0 aromatic heterocycles. The third kappa shape index (κ3) is 5.53. The third-order valence-corrected chi connectivity index (χ3v) is 5.79. The van der Waals surface area contributed by atoms with Gasteiger partial charge in [0.05, 0.1) is 7.11 Å². The van der Waals surface area contributed by atoms with Crippen LogP contribution in [0.4, 0.5) is 0 Å². The van der Waals surface area contributed by atoms with Gasteiger partial charge in [-0.15, -0.1) is 0 Å². The van der Waals surface area contributed by atoms with E-state index in [1.54, 1.807) is 24.3 Å². The normalized spacial score (nSPS) is 20.9. The number of hydrogen-bond donors (Lipinski definition) is 0. The van der Waals surface area contributed by atoms with Crippen LogP contribution < -0.4 is 9.47 Å². The Labute approximate surface area is 177 Å². The average molecular weight is 412 g/mol. The van der Waals surface area contributed by atoms with Gasteiger partial charge in [0, 0.05) is 18.7 Å². The summed E-state index contributed by atoms with van der Waals surface area (Å²) in [7, 11) is 1.50. The Morgan fingerprint density at radius 1 is 1.20 bits per heavy atom. The standard InChI is InChI=1S/C23H28N2O5/c1-28-21-15-17(8-10-20(21)29-14-12-24)9-11-23(27)30-16-22(26)25-13-4-6-18-5-2-3-7-19(18)25/h8-11,15,18-19H,2-7,13-14,16H2,1H3/b11-9+/t18-,19+/m0/s1. The van der Waals surface area contributed by atoms with E-state index in [9.17, 15) is 9.59 Å². The van der Waals surface area contributed by atoms with Crippen LogP contribution >= 0.6 is 0 Å². The molecule has 1 heterocycles. The van der Waals surface area contributed by atoms with Gasteiger partial charge in [0.15, 0.2) is 24.7 Å². The number of amides is 1. The molecule has 7 heteroatoms. The van der Waals surface area contributed by atoms with E-state index < -0.39 is 5.97 Å². The largest absolute Gasteiger partial charge is 0.493 e. The van der Waals surface area contributed by atoms with Crippen molar-refractivity contribution in [1.82, 2.24) is 4.90 Å². The molecule has 0 N–H and O–H groups in total. The van der Waals surface area contributed by atoms with E-state index in [-0.39, 0.29) is 19.1 Å². The van der Waals surface area contributed by atoms with Gasteiger partial charge in [-0.05, 0) is 55.4 Å². The zero-order valence-corrected chi connectivity index (χ0v) is 17.3. The molecule has 160 valence electrons. The second kappa shape index (κ2) is 10.7. The number of nitrogens with zero attached hydrogens (tertiary/aromatic N) is 2. The maximum absolute atomic E-state index is 12.6. The van der Waals surface area contributed by atoms with Gasteiger partial charge in [0.2, 0.25) is 0 Å². The van der Waals surface area contributed by atoms with Crippen molar-refractivity contribution in [3.8, 4) is 17.6 Å². The number of methoxy groups -OCH3 is 1. The predicted octanol–water partition coefficient (Wildman–Crippen LogP) is 3.34. The molecule has 2 atom stereocenters. The van der Waals surface area contributed by atoms with Crippen molar-refractivity contribution < 1.29 is 23.8 Å². The minimum absolute atomic E-state index is 0.0788. The molecule has 30 heavy (non-hydrogen) atoms. The molecule has 2 aliphatic rings. The number of carbonyl (C=O) groups excluding carboxylic acids is 2. The van der Waals surface area contributed by atoms with Crippen LogP contribution in [0.15, 0.2) is 24.3 Å². The molecule has 1 saturated carbocycles. The third-order valence-electron chi connectivity index (χ3n) is 5.79. The topological polar surface area (TPSA) is 88.9 Å². The summed E-state index contributed by atoms with van der Waals surface area (Å²) < 4.78 is 15.7. The highest BCUT2D eigenvalue weighted by Crippen LogP contribution is 2.35. The molecule has 0 bridgehead atoms. The Hall–Kier alpha value is -3.01. The van der Waals surface area contributed by atoms with E-state index in [1.165, 1.54) is 32.4 Å². The summed E-state index contributed by atoms with van der Waals surface area (Å²) in [5, 5.41) is 8.62. The second-order valence-corrected chi connectivity index (χ2v) is 7.64. The van der Waals surface area contributed by atoms with E-state index in [0.717, 1.165) is 25.8 Å². The Morgan fingerprint density at radius 2 is 2.00 bits per heavy atom. The summed E-state index contributed by atoms with van der Waals surface area (Å²) >= 11 is 0. The van der Waals surface area contributed by atoms with Gasteiger partial charge >= 0.3 is 5.97 Å².